The van der Waals surface area contributed by atoms with Crippen LogP contribution < -0.4 is 19.5 Å². The van der Waals surface area contributed by atoms with Crippen LogP contribution in [0.2, 0.25) is 0 Å². The average molecular weight is 345 g/mol. The van der Waals surface area contributed by atoms with Crippen LogP contribution in [0.25, 0.3) is 0 Å². The Labute approximate surface area is 147 Å². The van der Waals surface area contributed by atoms with E-state index in [0.29, 0.717) is 30.2 Å². The van der Waals surface area contributed by atoms with Crippen molar-refractivity contribution in [2.75, 3.05) is 26.6 Å². The van der Waals surface area contributed by atoms with Gasteiger partial charge in [-0.1, -0.05) is 12.1 Å². The second-order valence-corrected chi connectivity index (χ2v) is 5.46. The quantitative estimate of drug-likeness (QED) is 0.726. The van der Waals surface area contributed by atoms with E-state index < -0.39 is 5.97 Å². The summed E-state index contributed by atoms with van der Waals surface area (Å²) in [5.74, 6) is 1.20. The highest BCUT2D eigenvalue weighted by atomic mass is 16.5. The molecular formula is C19H23NO5. The first kappa shape index (κ1) is 18.4. The van der Waals surface area contributed by atoms with Gasteiger partial charge in [0, 0.05) is 30.8 Å². The number of anilines is 1. The van der Waals surface area contributed by atoms with E-state index in [9.17, 15) is 4.79 Å². The number of carbonyl (C=O) groups is 1. The van der Waals surface area contributed by atoms with Crippen molar-refractivity contribution in [3.05, 3.63) is 47.5 Å². The number of hydrogen-bond donors (Lipinski definition) is 2. The lowest BCUT2D eigenvalue weighted by Gasteiger charge is -2.16. The topological polar surface area (TPSA) is 77.0 Å². The van der Waals surface area contributed by atoms with Crippen LogP contribution >= 0.6 is 0 Å². The van der Waals surface area contributed by atoms with Crippen LogP contribution in [-0.2, 0) is 17.8 Å². The van der Waals surface area contributed by atoms with E-state index in [1.165, 1.54) is 0 Å². The van der Waals surface area contributed by atoms with E-state index in [0.717, 1.165) is 16.8 Å². The zero-order valence-corrected chi connectivity index (χ0v) is 14.7. The maximum Gasteiger partial charge on any atom is 0.303 e. The van der Waals surface area contributed by atoms with Gasteiger partial charge in [0.05, 0.1) is 26.9 Å². The third kappa shape index (κ3) is 5.04. The average Bonchev–Trinajstić information content (AvgIpc) is 2.64. The van der Waals surface area contributed by atoms with Gasteiger partial charge in [0.15, 0.2) is 0 Å². The fourth-order valence-electron chi connectivity index (χ4n) is 2.53. The summed E-state index contributed by atoms with van der Waals surface area (Å²) in [5.41, 5.74) is 2.76. The van der Waals surface area contributed by atoms with E-state index in [1.54, 1.807) is 21.3 Å². The lowest BCUT2D eigenvalue weighted by Crippen LogP contribution is -2.05. The van der Waals surface area contributed by atoms with Crippen molar-refractivity contribution in [1.29, 1.82) is 0 Å². The normalized spacial score (nSPS) is 10.2. The zero-order valence-electron chi connectivity index (χ0n) is 14.7. The third-order valence-electron chi connectivity index (χ3n) is 3.84. The van der Waals surface area contributed by atoms with Crippen LogP contribution in [0.3, 0.4) is 0 Å². The van der Waals surface area contributed by atoms with Crippen LogP contribution in [0.4, 0.5) is 5.69 Å². The number of aliphatic carboxylic acids is 1. The molecule has 2 aromatic rings. The molecule has 0 unspecified atom stereocenters. The molecule has 0 saturated carbocycles. The predicted molar refractivity (Wildman–Crippen MR) is 95.8 cm³/mol. The van der Waals surface area contributed by atoms with Gasteiger partial charge in [-0.3, -0.25) is 4.79 Å². The first-order chi connectivity index (χ1) is 12.1. The lowest BCUT2D eigenvalue weighted by atomic mass is 10.1. The summed E-state index contributed by atoms with van der Waals surface area (Å²) in [6.07, 6.45) is 0.615. The highest BCUT2D eigenvalue weighted by Crippen LogP contribution is 2.34. The van der Waals surface area contributed by atoms with Crippen LogP contribution in [0, 0.1) is 0 Å². The third-order valence-corrected chi connectivity index (χ3v) is 3.84. The van der Waals surface area contributed by atoms with Crippen molar-refractivity contribution in [2.24, 2.45) is 0 Å². The number of benzene rings is 2. The highest BCUT2D eigenvalue weighted by molar-refractivity contribution is 5.67. The molecule has 0 spiro atoms. The number of rotatable bonds is 9. The number of methoxy groups -OCH3 is 3. The molecular weight excluding hydrogens is 322 g/mol. The van der Waals surface area contributed by atoms with Gasteiger partial charge in [-0.25, -0.2) is 0 Å². The Bertz CT molecular complexity index is 704. The molecule has 25 heavy (non-hydrogen) atoms. The van der Waals surface area contributed by atoms with Gasteiger partial charge in [-0.2, -0.15) is 0 Å². The molecule has 0 heterocycles. The van der Waals surface area contributed by atoms with Crippen molar-refractivity contribution in [3.63, 3.8) is 0 Å². The number of hydrogen-bond acceptors (Lipinski definition) is 5. The van der Waals surface area contributed by atoms with Crippen molar-refractivity contribution >= 4 is 11.7 Å². The molecule has 0 aliphatic rings. The molecule has 2 N–H and O–H groups in total. The minimum Gasteiger partial charge on any atom is -0.496 e. The number of carboxylic acids is 1. The first-order valence-corrected chi connectivity index (χ1v) is 7.91. The lowest BCUT2D eigenvalue weighted by molar-refractivity contribution is -0.136. The second kappa shape index (κ2) is 8.82. The summed E-state index contributed by atoms with van der Waals surface area (Å²) in [6.45, 7) is 0.499. The predicted octanol–water partition coefficient (Wildman–Crippen LogP) is 3.34. The Kier molecular flexibility index (Phi) is 6.51. The smallest absolute Gasteiger partial charge is 0.303 e. The van der Waals surface area contributed by atoms with Gasteiger partial charge in [-0.05, 0) is 24.1 Å². The molecule has 0 radical (unpaired) electrons. The minimum absolute atomic E-state index is 0.115. The van der Waals surface area contributed by atoms with E-state index in [1.807, 2.05) is 36.4 Å². The zero-order chi connectivity index (χ0) is 18.2. The molecule has 0 fully saturated rings. The monoisotopic (exact) mass is 345 g/mol. The van der Waals surface area contributed by atoms with E-state index in [-0.39, 0.29) is 6.42 Å². The molecule has 2 rings (SSSR count). The molecule has 2 aromatic carbocycles. The molecule has 0 aliphatic carbocycles. The van der Waals surface area contributed by atoms with Gasteiger partial charge >= 0.3 is 5.97 Å². The summed E-state index contributed by atoms with van der Waals surface area (Å²) in [6, 6.07) is 11.3. The van der Waals surface area contributed by atoms with Crippen molar-refractivity contribution < 1.29 is 24.1 Å². The van der Waals surface area contributed by atoms with E-state index >= 15 is 0 Å². The minimum atomic E-state index is -0.800. The van der Waals surface area contributed by atoms with Crippen LogP contribution in [0.5, 0.6) is 17.2 Å². The molecule has 0 amide bonds. The first-order valence-electron chi connectivity index (χ1n) is 7.91. The van der Waals surface area contributed by atoms with Gasteiger partial charge in [-0.15, -0.1) is 0 Å². The molecule has 6 nitrogen and oxygen atoms in total. The summed E-state index contributed by atoms with van der Waals surface area (Å²) >= 11 is 0. The highest BCUT2D eigenvalue weighted by Gasteiger charge is 2.13. The van der Waals surface area contributed by atoms with Crippen molar-refractivity contribution in [2.45, 2.75) is 19.4 Å². The summed E-state index contributed by atoms with van der Waals surface area (Å²) < 4.78 is 16.1. The maximum atomic E-state index is 10.7. The molecule has 0 atom stereocenters. The molecule has 0 bridgehead atoms. The largest absolute Gasteiger partial charge is 0.496 e. The summed E-state index contributed by atoms with van der Waals surface area (Å²) in [5, 5.41) is 12.1. The van der Waals surface area contributed by atoms with Gasteiger partial charge < -0.3 is 24.6 Å². The number of nitrogens with one attached hydrogen (secondary N) is 1. The Hall–Kier alpha value is -2.89. The number of aryl methyl sites for hydroxylation is 1. The fourth-order valence-corrected chi connectivity index (χ4v) is 2.53. The molecule has 0 aromatic heterocycles. The van der Waals surface area contributed by atoms with E-state index in [2.05, 4.69) is 5.32 Å². The van der Waals surface area contributed by atoms with E-state index in [4.69, 9.17) is 19.3 Å². The van der Waals surface area contributed by atoms with Crippen LogP contribution in [0.1, 0.15) is 17.5 Å². The molecule has 0 aliphatic heterocycles. The van der Waals surface area contributed by atoms with Crippen molar-refractivity contribution in [3.8, 4) is 17.2 Å². The molecule has 134 valence electrons. The standard InChI is InChI=1S/C19H23NO5/c1-23-15-10-17(24-2)16(18(11-15)25-3)12-20-14-6-4-5-13(9-14)7-8-19(21)22/h4-6,9-11,20H,7-8,12H2,1-3H3,(H,21,22). The van der Waals surface area contributed by atoms with Crippen LogP contribution in [0.15, 0.2) is 36.4 Å². The fraction of sp³-hybridized carbons (Fsp3) is 0.316. The second-order valence-electron chi connectivity index (χ2n) is 5.46. The maximum absolute atomic E-state index is 10.7. The van der Waals surface area contributed by atoms with Crippen molar-refractivity contribution in [1.82, 2.24) is 0 Å². The number of carboxylic acid groups (broad SMARTS) is 1. The van der Waals surface area contributed by atoms with Gasteiger partial charge in [0.2, 0.25) is 0 Å². The van der Waals surface area contributed by atoms with Crippen LogP contribution in [-0.4, -0.2) is 32.4 Å². The SMILES string of the molecule is COc1cc(OC)c(CNc2cccc(CCC(=O)O)c2)c(OC)c1. The van der Waals surface area contributed by atoms with Gasteiger partial charge in [0.1, 0.15) is 17.2 Å². The molecule has 0 saturated heterocycles. The Balaban J connectivity index is 2.15. The number of ether oxygens (including phenoxy) is 3. The Morgan fingerprint density at radius 3 is 2.28 bits per heavy atom. The summed E-state index contributed by atoms with van der Waals surface area (Å²) in [4.78, 5) is 10.7. The van der Waals surface area contributed by atoms with Gasteiger partial charge in [0.25, 0.3) is 0 Å². The molecule has 6 heteroatoms. The summed E-state index contributed by atoms with van der Waals surface area (Å²) in [7, 11) is 4.79. The Morgan fingerprint density at radius 1 is 1.04 bits per heavy atom. The Morgan fingerprint density at radius 2 is 1.72 bits per heavy atom.